The molecule has 1 rings (SSSR count). The molecule has 1 aromatic heterocycles. The predicted molar refractivity (Wildman–Crippen MR) is 62.3 cm³/mol. The molecule has 0 amide bonds. The molecule has 0 radical (unpaired) electrons. The van der Waals surface area contributed by atoms with Gasteiger partial charge >= 0.3 is 5.97 Å². The van der Waals surface area contributed by atoms with Crippen molar-refractivity contribution in [2.45, 2.75) is 46.6 Å². The summed E-state index contributed by atoms with van der Waals surface area (Å²) in [7, 11) is 1.42. The molecule has 0 fully saturated rings. The van der Waals surface area contributed by atoms with E-state index in [0.29, 0.717) is 12.8 Å². The number of aromatic nitrogens is 2. The Morgan fingerprint density at radius 3 is 2.69 bits per heavy atom. The van der Waals surface area contributed by atoms with Gasteiger partial charge < -0.3 is 4.74 Å². The Labute approximate surface area is 96.6 Å². The Morgan fingerprint density at radius 1 is 1.44 bits per heavy atom. The quantitative estimate of drug-likeness (QED) is 0.719. The Morgan fingerprint density at radius 2 is 2.12 bits per heavy atom. The van der Waals surface area contributed by atoms with Gasteiger partial charge in [0.15, 0.2) is 0 Å². The topological polar surface area (TPSA) is 44.1 Å². The number of carbonyl (C=O) groups is 1. The first-order valence-corrected chi connectivity index (χ1v) is 5.69. The zero-order chi connectivity index (χ0) is 12.1. The molecule has 1 aromatic rings. The van der Waals surface area contributed by atoms with Crippen molar-refractivity contribution in [3.8, 4) is 0 Å². The summed E-state index contributed by atoms with van der Waals surface area (Å²) in [6.07, 6.45) is 2.21. The van der Waals surface area contributed by atoms with Crippen molar-refractivity contribution in [2.24, 2.45) is 0 Å². The molecule has 0 aliphatic carbocycles. The number of esters is 1. The second kappa shape index (κ2) is 5.68. The van der Waals surface area contributed by atoms with Crippen molar-refractivity contribution in [2.75, 3.05) is 7.11 Å². The summed E-state index contributed by atoms with van der Waals surface area (Å²) in [4.78, 5) is 11.1. The molecule has 4 nitrogen and oxygen atoms in total. The van der Waals surface area contributed by atoms with Gasteiger partial charge in [-0.05, 0) is 32.3 Å². The van der Waals surface area contributed by atoms with Gasteiger partial charge in [-0.1, -0.05) is 6.92 Å². The molecular weight excluding hydrogens is 204 g/mol. The van der Waals surface area contributed by atoms with Crippen LogP contribution in [0.1, 0.15) is 36.7 Å². The Bertz CT molecular complexity index is 369. The Hall–Kier alpha value is -1.32. The van der Waals surface area contributed by atoms with Gasteiger partial charge in [-0.15, -0.1) is 0 Å². The van der Waals surface area contributed by atoms with E-state index in [2.05, 4.69) is 23.7 Å². The zero-order valence-electron chi connectivity index (χ0n) is 10.5. The van der Waals surface area contributed by atoms with E-state index in [1.165, 1.54) is 18.4 Å². The number of aryl methyl sites for hydroxylation is 2. The van der Waals surface area contributed by atoms with Gasteiger partial charge in [-0.2, -0.15) is 5.10 Å². The van der Waals surface area contributed by atoms with Gasteiger partial charge in [0, 0.05) is 18.7 Å². The monoisotopic (exact) mass is 224 g/mol. The highest BCUT2D eigenvalue weighted by atomic mass is 16.5. The Kier molecular flexibility index (Phi) is 4.52. The van der Waals surface area contributed by atoms with Crippen molar-refractivity contribution in [3.05, 3.63) is 17.0 Å². The lowest BCUT2D eigenvalue weighted by molar-refractivity contribution is -0.140. The van der Waals surface area contributed by atoms with Crippen molar-refractivity contribution in [3.63, 3.8) is 0 Å². The number of carbonyl (C=O) groups excluding carboxylic acids is 1. The molecular formula is C12H20N2O2. The van der Waals surface area contributed by atoms with E-state index >= 15 is 0 Å². The second-order valence-corrected chi connectivity index (χ2v) is 3.95. The molecule has 0 aliphatic heterocycles. The molecule has 0 spiro atoms. The molecule has 0 bridgehead atoms. The largest absolute Gasteiger partial charge is 0.469 e. The van der Waals surface area contributed by atoms with E-state index in [0.717, 1.165) is 18.7 Å². The summed E-state index contributed by atoms with van der Waals surface area (Å²) in [5.41, 5.74) is 3.37. The third kappa shape index (κ3) is 2.84. The highest BCUT2D eigenvalue weighted by Gasteiger charge is 2.12. The molecule has 1 heterocycles. The van der Waals surface area contributed by atoms with Crippen LogP contribution in [0.2, 0.25) is 0 Å². The standard InChI is InChI=1S/C12H20N2O2/c1-5-8-14-10(3)11(9(2)13-14)6-7-12(15)16-4/h5-8H2,1-4H3. The number of rotatable bonds is 5. The van der Waals surface area contributed by atoms with Crippen molar-refractivity contribution < 1.29 is 9.53 Å². The number of methoxy groups -OCH3 is 1. The van der Waals surface area contributed by atoms with Gasteiger partial charge in [-0.25, -0.2) is 0 Å². The highest BCUT2D eigenvalue weighted by Crippen LogP contribution is 2.15. The van der Waals surface area contributed by atoms with E-state index in [9.17, 15) is 4.79 Å². The number of hydrogen-bond acceptors (Lipinski definition) is 3. The first kappa shape index (κ1) is 12.7. The van der Waals surface area contributed by atoms with E-state index in [1.54, 1.807) is 0 Å². The van der Waals surface area contributed by atoms with Gasteiger partial charge in [-0.3, -0.25) is 9.48 Å². The fourth-order valence-electron chi connectivity index (χ4n) is 1.85. The van der Waals surface area contributed by atoms with Crippen LogP contribution in [-0.2, 0) is 22.5 Å². The SMILES string of the molecule is CCCn1nc(C)c(CCC(=O)OC)c1C. The molecule has 0 saturated heterocycles. The van der Waals surface area contributed by atoms with Gasteiger partial charge in [0.1, 0.15) is 0 Å². The molecule has 0 saturated carbocycles. The minimum atomic E-state index is -0.165. The first-order chi connectivity index (χ1) is 7.60. The van der Waals surface area contributed by atoms with Crippen molar-refractivity contribution in [1.29, 1.82) is 0 Å². The molecule has 0 N–H and O–H groups in total. The lowest BCUT2D eigenvalue weighted by atomic mass is 10.1. The van der Waals surface area contributed by atoms with E-state index < -0.39 is 0 Å². The third-order valence-electron chi connectivity index (χ3n) is 2.77. The molecule has 4 heteroatoms. The van der Waals surface area contributed by atoms with Crippen molar-refractivity contribution in [1.82, 2.24) is 9.78 Å². The molecule has 0 atom stereocenters. The van der Waals surface area contributed by atoms with Crippen LogP contribution in [0.25, 0.3) is 0 Å². The van der Waals surface area contributed by atoms with Crippen LogP contribution in [-0.4, -0.2) is 22.9 Å². The van der Waals surface area contributed by atoms with Crippen LogP contribution < -0.4 is 0 Å². The number of hydrogen-bond donors (Lipinski definition) is 0. The average Bonchev–Trinajstić information content (AvgIpc) is 2.52. The summed E-state index contributed by atoms with van der Waals surface area (Å²) in [5, 5.41) is 4.47. The maximum absolute atomic E-state index is 11.1. The number of ether oxygens (including phenoxy) is 1. The Balaban J connectivity index is 2.75. The lowest BCUT2D eigenvalue weighted by Crippen LogP contribution is -2.04. The maximum Gasteiger partial charge on any atom is 0.305 e. The minimum Gasteiger partial charge on any atom is -0.469 e. The van der Waals surface area contributed by atoms with Crippen LogP contribution in [0.5, 0.6) is 0 Å². The summed E-state index contributed by atoms with van der Waals surface area (Å²) < 4.78 is 6.66. The van der Waals surface area contributed by atoms with Gasteiger partial charge in [0.2, 0.25) is 0 Å². The molecule has 0 unspecified atom stereocenters. The highest BCUT2D eigenvalue weighted by molar-refractivity contribution is 5.69. The number of nitrogens with zero attached hydrogens (tertiary/aromatic N) is 2. The third-order valence-corrected chi connectivity index (χ3v) is 2.77. The first-order valence-electron chi connectivity index (χ1n) is 5.69. The van der Waals surface area contributed by atoms with Crippen LogP contribution in [0.15, 0.2) is 0 Å². The van der Waals surface area contributed by atoms with Crippen molar-refractivity contribution >= 4 is 5.97 Å². The zero-order valence-corrected chi connectivity index (χ0v) is 10.5. The molecule has 16 heavy (non-hydrogen) atoms. The fourth-order valence-corrected chi connectivity index (χ4v) is 1.85. The normalized spacial score (nSPS) is 10.5. The summed E-state index contributed by atoms with van der Waals surface area (Å²) >= 11 is 0. The molecule has 90 valence electrons. The summed E-state index contributed by atoms with van der Waals surface area (Å²) in [6, 6.07) is 0. The van der Waals surface area contributed by atoms with Crippen LogP contribution in [0, 0.1) is 13.8 Å². The van der Waals surface area contributed by atoms with E-state index in [4.69, 9.17) is 0 Å². The maximum atomic E-state index is 11.1. The fraction of sp³-hybridized carbons (Fsp3) is 0.667. The van der Waals surface area contributed by atoms with Crippen LogP contribution in [0.4, 0.5) is 0 Å². The summed E-state index contributed by atoms with van der Waals surface area (Å²) in [6.45, 7) is 7.11. The molecule has 0 aliphatic rings. The average molecular weight is 224 g/mol. The predicted octanol–water partition coefficient (Wildman–Crippen LogP) is 2.02. The molecule has 0 aromatic carbocycles. The lowest BCUT2D eigenvalue weighted by Gasteiger charge is -2.03. The van der Waals surface area contributed by atoms with E-state index in [1.807, 2.05) is 11.6 Å². The van der Waals surface area contributed by atoms with Crippen LogP contribution in [0.3, 0.4) is 0 Å². The van der Waals surface area contributed by atoms with Gasteiger partial charge in [0.05, 0.1) is 12.8 Å². The van der Waals surface area contributed by atoms with Crippen LogP contribution >= 0.6 is 0 Å². The van der Waals surface area contributed by atoms with E-state index in [-0.39, 0.29) is 5.97 Å². The van der Waals surface area contributed by atoms with Gasteiger partial charge in [0.25, 0.3) is 0 Å². The second-order valence-electron chi connectivity index (χ2n) is 3.95. The minimum absolute atomic E-state index is 0.165. The smallest absolute Gasteiger partial charge is 0.305 e. The summed E-state index contributed by atoms with van der Waals surface area (Å²) in [5.74, 6) is -0.165.